The molecule has 0 radical (unpaired) electrons. The van der Waals surface area contributed by atoms with Gasteiger partial charge < -0.3 is 4.90 Å². The maximum Gasteiger partial charge on any atom is 0.276 e. The lowest BCUT2D eigenvalue weighted by Gasteiger charge is -2.27. The van der Waals surface area contributed by atoms with E-state index >= 15 is 0 Å². The molecule has 0 fully saturated rings. The Morgan fingerprint density at radius 2 is 2.05 bits per heavy atom. The Kier molecular flexibility index (Phi) is 3.30. The molecule has 0 unspecified atom stereocenters. The standard InChI is InChI=1S/C14H14IN3O/c1-2-18-13-10(9-16-18)7-8-17(14(13)19)12-5-3-11(15)4-6-12/h3-6,9H,2,7-8H2,1H3. The van der Waals surface area contributed by atoms with E-state index in [-0.39, 0.29) is 5.91 Å². The van der Waals surface area contributed by atoms with Crippen LogP contribution in [0.3, 0.4) is 0 Å². The number of benzene rings is 1. The molecule has 1 aromatic carbocycles. The monoisotopic (exact) mass is 367 g/mol. The number of fused-ring (bicyclic) bond motifs is 1. The van der Waals surface area contributed by atoms with Gasteiger partial charge in [-0.1, -0.05) is 0 Å². The van der Waals surface area contributed by atoms with Gasteiger partial charge in [0.25, 0.3) is 5.91 Å². The molecule has 0 atom stereocenters. The Bertz CT molecular complexity index is 605. The minimum absolute atomic E-state index is 0.0572. The van der Waals surface area contributed by atoms with E-state index in [0.717, 1.165) is 36.5 Å². The first-order valence-corrected chi connectivity index (χ1v) is 7.40. The van der Waals surface area contributed by atoms with Gasteiger partial charge in [0.2, 0.25) is 0 Å². The van der Waals surface area contributed by atoms with Gasteiger partial charge in [0.1, 0.15) is 5.69 Å². The first-order chi connectivity index (χ1) is 9.20. The summed E-state index contributed by atoms with van der Waals surface area (Å²) in [7, 11) is 0. The molecular weight excluding hydrogens is 353 g/mol. The molecule has 3 rings (SSSR count). The second-order valence-corrected chi connectivity index (χ2v) is 5.76. The Morgan fingerprint density at radius 3 is 2.74 bits per heavy atom. The minimum atomic E-state index is 0.0572. The number of nitrogens with zero attached hydrogens (tertiary/aromatic N) is 3. The van der Waals surface area contributed by atoms with E-state index in [1.807, 2.05) is 42.3 Å². The van der Waals surface area contributed by atoms with E-state index in [2.05, 4.69) is 27.7 Å². The van der Waals surface area contributed by atoms with E-state index in [1.165, 1.54) is 3.57 Å². The molecule has 1 amide bonds. The third-order valence-corrected chi connectivity index (χ3v) is 4.12. The van der Waals surface area contributed by atoms with Crippen LogP contribution >= 0.6 is 22.6 Å². The zero-order chi connectivity index (χ0) is 13.4. The molecule has 0 saturated carbocycles. The highest BCUT2D eigenvalue weighted by Gasteiger charge is 2.29. The number of carbonyl (C=O) groups is 1. The molecule has 0 saturated heterocycles. The normalized spacial score (nSPS) is 14.6. The molecule has 1 aromatic heterocycles. The number of rotatable bonds is 2. The highest BCUT2D eigenvalue weighted by molar-refractivity contribution is 14.1. The van der Waals surface area contributed by atoms with Gasteiger partial charge in [-0.15, -0.1) is 0 Å². The fourth-order valence-electron chi connectivity index (χ4n) is 2.42. The van der Waals surface area contributed by atoms with Crippen molar-refractivity contribution in [3.63, 3.8) is 0 Å². The Hall–Kier alpha value is -1.37. The lowest BCUT2D eigenvalue weighted by Crippen LogP contribution is -2.38. The molecule has 0 aliphatic carbocycles. The van der Waals surface area contributed by atoms with Gasteiger partial charge in [0.05, 0.1) is 6.20 Å². The fourth-order valence-corrected chi connectivity index (χ4v) is 2.78. The first-order valence-electron chi connectivity index (χ1n) is 6.33. The molecule has 0 spiro atoms. The first kappa shape index (κ1) is 12.7. The van der Waals surface area contributed by atoms with Crippen LogP contribution in [-0.4, -0.2) is 22.2 Å². The van der Waals surface area contributed by atoms with Crippen LogP contribution in [0.25, 0.3) is 0 Å². The smallest absolute Gasteiger partial charge is 0.276 e. The molecule has 2 aromatic rings. The fraction of sp³-hybridized carbons (Fsp3) is 0.286. The van der Waals surface area contributed by atoms with Crippen LogP contribution in [0.5, 0.6) is 0 Å². The van der Waals surface area contributed by atoms with Crippen molar-refractivity contribution < 1.29 is 4.79 Å². The zero-order valence-electron chi connectivity index (χ0n) is 10.6. The molecule has 1 aliphatic heterocycles. The molecule has 5 heteroatoms. The van der Waals surface area contributed by atoms with Gasteiger partial charge in [-0.25, -0.2) is 0 Å². The number of amides is 1. The maximum atomic E-state index is 12.6. The molecule has 1 aliphatic rings. The van der Waals surface area contributed by atoms with E-state index in [1.54, 1.807) is 4.68 Å². The highest BCUT2D eigenvalue weighted by atomic mass is 127. The summed E-state index contributed by atoms with van der Waals surface area (Å²) in [5.74, 6) is 0.0572. The van der Waals surface area contributed by atoms with Crippen LogP contribution in [0.2, 0.25) is 0 Å². The van der Waals surface area contributed by atoms with Crippen LogP contribution < -0.4 is 4.90 Å². The Morgan fingerprint density at radius 1 is 1.32 bits per heavy atom. The second-order valence-electron chi connectivity index (χ2n) is 4.52. The molecule has 0 N–H and O–H groups in total. The zero-order valence-corrected chi connectivity index (χ0v) is 12.8. The van der Waals surface area contributed by atoms with Gasteiger partial charge in [-0.05, 0) is 60.2 Å². The summed E-state index contributed by atoms with van der Waals surface area (Å²) in [5.41, 5.74) is 2.76. The van der Waals surface area contributed by atoms with Crippen molar-refractivity contribution in [1.82, 2.24) is 9.78 Å². The average molecular weight is 367 g/mol. The van der Waals surface area contributed by atoms with Crippen molar-refractivity contribution in [1.29, 1.82) is 0 Å². The summed E-state index contributed by atoms with van der Waals surface area (Å²) in [4.78, 5) is 14.4. The number of anilines is 1. The highest BCUT2D eigenvalue weighted by Crippen LogP contribution is 2.25. The van der Waals surface area contributed by atoms with Crippen molar-refractivity contribution in [2.45, 2.75) is 19.9 Å². The predicted octanol–water partition coefficient (Wildman–Crippen LogP) is 2.71. The Balaban J connectivity index is 1.99. The van der Waals surface area contributed by atoms with Crippen molar-refractivity contribution in [2.24, 2.45) is 0 Å². The van der Waals surface area contributed by atoms with Crippen molar-refractivity contribution in [3.05, 3.63) is 45.3 Å². The number of carbonyl (C=O) groups excluding carboxylic acids is 1. The average Bonchev–Trinajstić information content (AvgIpc) is 2.84. The number of halogens is 1. The van der Waals surface area contributed by atoms with Crippen molar-refractivity contribution in [3.8, 4) is 0 Å². The summed E-state index contributed by atoms with van der Waals surface area (Å²) in [6.45, 7) is 3.45. The van der Waals surface area contributed by atoms with E-state index in [9.17, 15) is 4.79 Å². The summed E-state index contributed by atoms with van der Waals surface area (Å²) in [5, 5.41) is 4.28. The number of hydrogen-bond donors (Lipinski definition) is 0. The molecule has 98 valence electrons. The molecule has 2 heterocycles. The van der Waals surface area contributed by atoms with Gasteiger partial charge in [-0.3, -0.25) is 9.48 Å². The van der Waals surface area contributed by atoms with Crippen LogP contribution in [0.15, 0.2) is 30.5 Å². The number of aryl methyl sites for hydroxylation is 1. The van der Waals surface area contributed by atoms with Crippen LogP contribution in [0, 0.1) is 3.57 Å². The maximum absolute atomic E-state index is 12.6. The molecule has 19 heavy (non-hydrogen) atoms. The van der Waals surface area contributed by atoms with Crippen molar-refractivity contribution in [2.75, 3.05) is 11.4 Å². The third-order valence-electron chi connectivity index (χ3n) is 3.41. The molecular formula is C14H14IN3O. The largest absolute Gasteiger partial charge is 0.307 e. The van der Waals surface area contributed by atoms with E-state index in [0.29, 0.717) is 0 Å². The van der Waals surface area contributed by atoms with Gasteiger partial charge in [0, 0.05) is 27.9 Å². The summed E-state index contributed by atoms with van der Waals surface area (Å²) >= 11 is 2.27. The summed E-state index contributed by atoms with van der Waals surface area (Å²) in [6, 6.07) is 8.04. The SMILES string of the molecule is CCn1ncc2c1C(=O)N(c1ccc(I)cc1)CC2. The minimum Gasteiger partial charge on any atom is -0.307 e. The third kappa shape index (κ3) is 2.16. The Labute approximate surface area is 125 Å². The topological polar surface area (TPSA) is 38.1 Å². The lowest BCUT2D eigenvalue weighted by molar-refractivity contribution is 0.0970. The van der Waals surface area contributed by atoms with E-state index < -0.39 is 0 Å². The molecule has 0 bridgehead atoms. The summed E-state index contributed by atoms with van der Waals surface area (Å²) < 4.78 is 2.96. The number of aromatic nitrogens is 2. The van der Waals surface area contributed by atoms with Gasteiger partial charge in [-0.2, -0.15) is 5.10 Å². The lowest BCUT2D eigenvalue weighted by atomic mass is 10.1. The van der Waals surface area contributed by atoms with Crippen molar-refractivity contribution >= 4 is 34.2 Å². The van der Waals surface area contributed by atoms with Gasteiger partial charge in [0.15, 0.2) is 0 Å². The second kappa shape index (κ2) is 4.96. The van der Waals surface area contributed by atoms with Crippen LogP contribution in [0.1, 0.15) is 23.0 Å². The number of hydrogen-bond acceptors (Lipinski definition) is 2. The van der Waals surface area contributed by atoms with Crippen LogP contribution in [0.4, 0.5) is 5.69 Å². The quantitative estimate of drug-likeness (QED) is 0.766. The molecule has 4 nitrogen and oxygen atoms in total. The van der Waals surface area contributed by atoms with Crippen LogP contribution in [-0.2, 0) is 13.0 Å². The van der Waals surface area contributed by atoms with E-state index in [4.69, 9.17) is 0 Å². The van der Waals surface area contributed by atoms with Gasteiger partial charge >= 0.3 is 0 Å². The predicted molar refractivity (Wildman–Crippen MR) is 82.4 cm³/mol. The summed E-state index contributed by atoms with van der Waals surface area (Å²) in [6.07, 6.45) is 2.69.